The Bertz CT molecular complexity index is 773. The van der Waals surface area contributed by atoms with Gasteiger partial charge in [-0.05, 0) is 70.6 Å². The van der Waals surface area contributed by atoms with Crippen molar-refractivity contribution >= 4 is 11.9 Å². The predicted octanol–water partition coefficient (Wildman–Crippen LogP) is 6.62. The molecule has 2 unspecified atom stereocenters. The van der Waals surface area contributed by atoms with Crippen LogP contribution < -0.4 is 5.32 Å². The minimum Gasteiger partial charge on any atom is -0.450 e. The maximum Gasteiger partial charge on any atom is 0.406 e. The molecule has 0 aromatic rings. The third-order valence-electron chi connectivity index (χ3n) is 8.04. The Morgan fingerprint density at radius 3 is 2.50 bits per heavy atom. The fraction of sp³-hybridized carbons (Fsp3) is 0.812. The van der Waals surface area contributed by atoms with E-state index in [0.717, 1.165) is 83.8 Å². The molecule has 8 nitrogen and oxygen atoms in total. The maximum absolute atomic E-state index is 13.2. The van der Waals surface area contributed by atoms with Crippen LogP contribution >= 0.6 is 0 Å². The van der Waals surface area contributed by atoms with Gasteiger partial charge < -0.3 is 29.0 Å². The molecule has 8 heteroatoms. The average molecular weight is 564 g/mol. The molecule has 2 aliphatic heterocycles. The molecule has 1 saturated carbocycles. The monoisotopic (exact) mass is 563 g/mol. The topological polar surface area (TPSA) is 92.3 Å². The molecule has 2 saturated heterocycles. The van der Waals surface area contributed by atoms with Crippen LogP contribution in [0.4, 0.5) is 4.79 Å². The lowest BCUT2D eigenvalue weighted by Gasteiger charge is -2.29. The van der Waals surface area contributed by atoms with Gasteiger partial charge in [0.15, 0.2) is 12.6 Å². The molecular weight excluding hydrogens is 510 g/mol. The van der Waals surface area contributed by atoms with Gasteiger partial charge in [-0.3, -0.25) is 4.79 Å². The summed E-state index contributed by atoms with van der Waals surface area (Å²) in [6, 6.07) is 0. The Balaban J connectivity index is 1.61. The number of rotatable bonds is 17. The van der Waals surface area contributed by atoms with E-state index in [2.05, 4.69) is 36.5 Å². The summed E-state index contributed by atoms with van der Waals surface area (Å²) < 4.78 is 29.6. The lowest BCUT2D eigenvalue weighted by atomic mass is 9.90. The highest BCUT2D eigenvalue weighted by atomic mass is 16.7. The molecule has 40 heavy (non-hydrogen) atoms. The number of Topliss-reactive ketones (excluding diaryl/α,β-unsaturated/α-hetero) is 1. The van der Waals surface area contributed by atoms with Crippen LogP contribution in [0.3, 0.4) is 0 Å². The van der Waals surface area contributed by atoms with Crippen molar-refractivity contribution in [2.75, 3.05) is 26.9 Å². The van der Waals surface area contributed by atoms with E-state index in [0.29, 0.717) is 19.4 Å². The lowest BCUT2D eigenvalue weighted by Crippen LogP contribution is -2.31. The van der Waals surface area contributed by atoms with Crippen molar-refractivity contribution in [3.05, 3.63) is 24.3 Å². The summed E-state index contributed by atoms with van der Waals surface area (Å²) in [5.41, 5.74) is 0. The van der Waals surface area contributed by atoms with Crippen molar-refractivity contribution < 1.29 is 33.3 Å². The number of ketones is 1. The quantitative estimate of drug-likeness (QED) is 0.157. The van der Waals surface area contributed by atoms with Gasteiger partial charge in [-0.15, -0.1) is 0 Å². The van der Waals surface area contributed by atoms with Crippen LogP contribution in [0.15, 0.2) is 24.3 Å². The minimum atomic E-state index is -0.394. The average Bonchev–Trinajstić information content (AvgIpc) is 3.27. The smallest absolute Gasteiger partial charge is 0.406 e. The molecule has 3 fully saturated rings. The number of alkyl carbamates (subject to hydrolysis) is 1. The van der Waals surface area contributed by atoms with E-state index in [1.165, 1.54) is 12.8 Å². The number of carbonyl (C=O) groups excluding carboxylic acids is 2. The molecule has 6 atom stereocenters. The summed E-state index contributed by atoms with van der Waals surface area (Å²) in [4.78, 5) is 24.4. The van der Waals surface area contributed by atoms with Crippen LogP contribution in [0, 0.1) is 11.8 Å². The Kier molecular flexibility index (Phi) is 15.9. The van der Waals surface area contributed by atoms with Gasteiger partial charge in [0.25, 0.3) is 0 Å². The van der Waals surface area contributed by atoms with Crippen molar-refractivity contribution in [2.45, 2.75) is 128 Å². The summed E-state index contributed by atoms with van der Waals surface area (Å²) in [5, 5.41) is 2.45. The van der Waals surface area contributed by atoms with Crippen molar-refractivity contribution in [3.8, 4) is 0 Å². The van der Waals surface area contributed by atoms with Gasteiger partial charge in [0.1, 0.15) is 5.78 Å². The van der Waals surface area contributed by atoms with E-state index in [1.54, 1.807) is 7.05 Å². The standard InChI is InChI=1S/C32H53NO7/c1-3-4-8-15-25(39-30-17-10-13-21-36-30)19-20-27-26(16-9-6-5-7-12-23-38-32(35)33-2)28(34)24-29(27)40-31-18-11-14-22-37-31/h6,9,19-20,25-27,29-31H,3-5,7-8,10-18,21-24H2,1-2H3,(H,33,35)/t25-,26+,27+,29+,30?,31?/m0/s1. The van der Waals surface area contributed by atoms with E-state index >= 15 is 0 Å². The van der Waals surface area contributed by atoms with Gasteiger partial charge in [-0.2, -0.15) is 0 Å². The molecule has 0 bridgehead atoms. The molecule has 1 amide bonds. The van der Waals surface area contributed by atoms with E-state index in [4.69, 9.17) is 23.7 Å². The molecule has 0 aromatic heterocycles. The molecule has 228 valence electrons. The number of nitrogens with one attached hydrogen (secondary N) is 1. The molecule has 3 rings (SSSR count). The van der Waals surface area contributed by atoms with Crippen LogP contribution in [-0.4, -0.2) is 63.5 Å². The van der Waals surface area contributed by atoms with E-state index in [1.807, 2.05) is 0 Å². The fourth-order valence-corrected chi connectivity index (χ4v) is 5.69. The molecule has 2 heterocycles. The van der Waals surface area contributed by atoms with Crippen molar-refractivity contribution in [1.82, 2.24) is 5.32 Å². The highest BCUT2D eigenvalue weighted by Crippen LogP contribution is 2.37. The van der Waals surface area contributed by atoms with Crippen LogP contribution in [0.1, 0.15) is 103 Å². The Hall–Kier alpha value is -1.74. The first-order valence-electron chi connectivity index (χ1n) is 15.8. The number of carbonyl (C=O) groups is 2. The highest BCUT2D eigenvalue weighted by Gasteiger charge is 2.42. The largest absolute Gasteiger partial charge is 0.450 e. The zero-order chi connectivity index (χ0) is 28.4. The summed E-state index contributed by atoms with van der Waals surface area (Å²) in [7, 11) is 1.56. The van der Waals surface area contributed by atoms with Crippen molar-refractivity contribution in [3.63, 3.8) is 0 Å². The SMILES string of the molecule is CCCCC[C@@H](C=C[C@H]1[C@H](OC2CCCCO2)CC(=O)[C@@H]1CC=CCCCCOC(=O)NC)OC1CCCCO1. The first-order chi connectivity index (χ1) is 19.6. The third kappa shape index (κ3) is 12.0. The summed E-state index contributed by atoms with van der Waals surface area (Å²) >= 11 is 0. The van der Waals surface area contributed by atoms with Crippen LogP contribution in [0.5, 0.6) is 0 Å². The Morgan fingerprint density at radius 1 is 1.02 bits per heavy atom. The van der Waals surface area contributed by atoms with Gasteiger partial charge >= 0.3 is 6.09 Å². The number of hydrogen-bond donors (Lipinski definition) is 1. The van der Waals surface area contributed by atoms with Crippen LogP contribution in [-0.2, 0) is 28.5 Å². The van der Waals surface area contributed by atoms with E-state index in [9.17, 15) is 9.59 Å². The zero-order valence-electron chi connectivity index (χ0n) is 24.9. The number of unbranched alkanes of at least 4 members (excludes halogenated alkanes) is 4. The van der Waals surface area contributed by atoms with Crippen LogP contribution in [0.25, 0.3) is 0 Å². The maximum atomic E-state index is 13.2. The molecule has 0 aromatic carbocycles. The zero-order valence-corrected chi connectivity index (χ0v) is 24.9. The Labute approximate surface area is 241 Å². The number of amides is 1. The van der Waals surface area contributed by atoms with E-state index < -0.39 is 6.09 Å². The van der Waals surface area contributed by atoms with Gasteiger partial charge in [0, 0.05) is 38.5 Å². The number of ether oxygens (including phenoxy) is 5. The van der Waals surface area contributed by atoms with Gasteiger partial charge in [-0.25, -0.2) is 4.79 Å². The van der Waals surface area contributed by atoms with Gasteiger partial charge in [-0.1, -0.05) is 50.5 Å². The van der Waals surface area contributed by atoms with Crippen molar-refractivity contribution in [2.24, 2.45) is 11.8 Å². The lowest BCUT2D eigenvalue weighted by molar-refractivity contribution is -0.192. The summed E-state index contributed by atoms with van der Waals surface area (Å²) in [6.07, 6.45) is 22.1. The Morgan fingerprint density at radius 2 is 1.80 bits per heavy atom. The molecule has 0 spiro atoms. The second-order valence-electron chi connectivity index (χ2n) is 11.3. The molecule has 0 radical (unpaired) electrons. The fourth-order valence-electron chi connectivity index (χ4n) is 5.69. The number of allylic oxidation sites excluding steroid dienone is 2. The first-order valence-corrected chi connectivity index (χ1v) is 15.8. The molecule has 1 aliphatic carbocycles. The van der Waals surface area contributed by atoms with Crippen molar-refractivity contribution in [1.29, 1.82) is 0 Å². The van der Waals surface area contributed by atoms with E-state index in [-0.39, 0.29) is 42.4 Å². The first kappa shape index (κ1) is 32.8. The summed E-state index contributed by atoms with van der Waals surface area (Å²) in [5.74, 6) is 0.145. The number of hydrogen-bond acceptors (Lipinski definition) is 7. The normalized spacial score (nSPS) is 28.4. The van der Waals surface area contributed by atoms with Crippen LogP contribution in [0.2, 0.25) is 0 Å². The summed E-state index contributed by atoms with van der Waals surface area (Å²) in [6.45, 7) is 4.12. The predicted molar refractivity (Wildman–Crippen MR) is 155 cm³/mol. The second-order valence-corrected chi connectivity index (χ2v) is 11.3. The molecule has 1 N–H and O–H groups in total. The van der Waals surface area contributed by atoms with Gasteiger partial charge in [0.2, 0.25) is 0 Å². The highest BCUT2D eigenvalue weighted by molar-refractivity contribution is 5.85. The molecule has 3 aliphatic rings. The minimum absolute atomic E-state index is 0.00631. The second kappa shape index (κ2) is 19.4. The third-order valence-corrected chi connectivity index (χ3v) is 8.04. The van der Waals surface area contributed by atoms with Gasteiger partial charge in [0.05, 0.1) is 18.8 Å². The molecular formula is C32H53NO7.